The van der Waals surface area contributed by atoms with Gasteiger partial charge in [0.2, 0.25) is 0 Å². The molecule has 0 bridgehead atoms. The highest BCUT2D eigenvalue weighted by Crippen LogP contribution is 2.53. The van der Waals surface area contributed by atoms with Crippen LogP contribution in [0, 0.1) is 0 Å². The van der Waals surface area contributed by atoms with Crippen molar-refractivity contribution in [2.75, 3.05) is 53.9 Å². The summed E-state index contributed by atoms with van der Waals surface area (Å²) < 4.78 is 22.1. The van der Waals surface area contributed by atoms with Gasteiger partial charge in [-0.2, -0.15) is 0 Å². The molecule has 0 spiro atoms. The van der Waals surface area contributed by atoms with Gasteiger partial charge in [-0.1, -0.05) is 61.7 Å². The van der Waals surface area contributed by atoms with Crippen LogP contribution in [0.15, 0.2) is 49.6 Å². The van der Waals surface area contributed by atoms with Gasteiger partial charge >= 0.3 is 0 Å². The summed E-state index contributed by atoms with van der Waals surface area (Å²) in [6, 6.07) is 13.3. The quantitative estimate of drug-likeness (QED) is 0.385. The monoisotopic (exact) mass is 422 g/mol. The summed E-state index contributed by atoms with van der Waals surface area (Å²) in [6.45, 7) is 11.6. The van der Waals surface area contributed by atoms with Crippen molar-refractivity contribution in [1.29, 1.82) is 0 Å². The second kappa shape index (κ2) is 11.4. The maximum Gasteiger partial charge on any atom is 0.0700 e. The van der Waals surface area contributed by atoms with E-state index in [1.807, 2.05) is 12.2 Å². The summed E-state index contributed by atoms with van der Waals surface area (Å²) in [6.07, 6.45) is 5.55. The van der Waals surface area contributed by atoms with E-state index in [1.165, 1.54) is 22.3 Å². The van der Waals surface area contributed by atoms with E-state index in [2.05, 4.69) is 49.6 Å². The molecule has 0 fully saturated rings. The standard InChI is InChI=1S/C27H34O4/c1-5-21-7-9-23-24-10-8-22(6-2)20-26(24)27(25(23)19-21,11-13-30-17-15-28-3)12-14-31-18-16-29-4/h5-10,19-20H,1-2,11-18H2,3-4H3. The average molecular weight is 423 g/mol. The van der Waals surface area contributed by atoms with Crippen LogP contribution in [0.25, 0.3) is 23.3 Å². The lowest BCUT2D eigenvalue weighted by Crippen LogP contribution is -2.30. The molecular formula is C27H34O4. The molecule has 1 aliphatic rings. The van der Waals surface area contributed by atoms with Crippen molar-refractivity contribution < 1.29 is 18.9 Å². The predicted molar refractivity (Wildman–Crippen MR) is 127 cm³/mol. The Balaban J connectivity index is 2.00. The Hall–Kier alpha value is -2.24. The molecule has 31 heavy (non-hydrogen) atoms. The Bertz CT molecular complexity index is 813. The second-order valence-electron chi connectivity index (χ2n) is 7.81. The minimum absolute atomic E-state index is 0.192. The molecule has 1 aliphatic carbocycles. The average Bonchev–Trinajstić information content (AvgIpc) is 3.07. The predicted octanol–water partition coefficient (Wildman–Crippen LogP) is 5.35. The summed E-state index contributed by atoms with van der Waals surface area (Å²) in [5, 5.41) is 0. The van der Waals surface area contributed by atoms with E-state index in [0.717, 1.165) is 24.0 Å². The fourth-order valence-corrected chi connectivity index (χ4v) is 4.43. The third kappa shape index (κ3) is 5.16. The van der Waals surface area contributed by atoms with Gasteiger partial charge < -0.3 is 18.9 Å². The molecule has 2 aromatic carbocycles. The van der Waals surface area contributed by atoms with Crippen LogP contribution in [0.2, 0.25) is 0 Å². The number of fused-ring (bicyclic) bond motifs is 3. The first kappa shape index (κ1) is 23.4. The van der Waals surface area contributed by atoms with E-state index in [-0.39, 0.29) is 5.41 Å². The van der Waals surface area contributed by atoms with Gasteiger partial charge in [-0.3, -0.25) is 0 Å². The minimum Gasteiger partial charge on any atom is -0.382 e. The number of rotatable bonds is 14. The first-order valence-corrected chi connectivity index (χ1v) is 10.9. The molecule has 0 aliphatic heterocycles. The number of methoxy groups -OCH3 is 2. The highest BCUT2D eigenvalue weighted by atomic mass is 16.5. The van der Waals surface area contributed by atoms with Crippen LogP contribution in [-0.4, -0.2) is 53.9 Å². The van der Waals surface area contributed by atoms with Crippen LogP contribution in [0.3, 0.4) is 0 Å². The summed E-state index contributed by atoms with van der Waals surface area (Å²) in [4.78, 5) is 0. The highest BCUT2D eigenvalue weighted by Gasteiger charge is 2.42. The van der Waals surface area contributed by atoms with E-state index >= 15 is 0 Å². The Morgan fingerprint density at radius 2 is 1.13 bits per heavy atom. The van der Waals surface area contributed by atoms with Gasteiger partial charge in [-0.25, -0.2) is 0 Å². The molecule has 0 saturated carbocycles. The maximum atomic E-state index is 5.92. The van der Waals surface area contributed by atoms with E-state index < -0.39 is 0 Å². The van der Waals surface area contributed by atoms with Crippen LogP contribution >= 0.6 is 0 Å². The molecule has 0 heterocycles. The molecule has 4 heteroatoms. The van der Waals surface area contributed by atoms with E-state index in [4.69, 9.17) is 18.9 Å². The van der Waals surface area contributed by atoms with Crippen LogP contribution in [0.4, 0.5) is 0 Å². The number of hydrogen-bond donors (Lipinski definition) is 0. The third-order valence-corrected chi connectivity index (χ3v) is 6.09. The van der Waals surface area contributed by atoms with E-state index in [1.54, 1.807) is 14.2 Å². The van der Waals surface area contributed by atoms with Gasteiger partial charge in [0.05, 0.1) is 26.4 Å². The third-order valence-electron chi connectivity index (χ3n) is 6.09. The lowest BCUT2D eigenvalue weighted by atomic mass is 9.72. The Morgan fingerprint density at radius 3 is 1.52 bits per heavy atom. The van der Waals surface area contributed by atoms with Crippen molar-refractivity contribution in [1.82, 2.24) is 0 Å². The van der Waals surface area contributed by atoms with Gasteiger partial charge in [0, 0.05) is 32.8 Å². The summed E-state index contributed by atoms with van der Waals surface area (Å²) in [5.74, 6) is 0. The zero-order valence-corrected chi connectivity index (χ0v) is 18.8. The topological polar surface area (TPSA) is 36.9 Å². The fourth-order valence-electron chi connectivity index (χ4n) is 4.43. The highest BCUT2D eigenvalue weighted by molar-refractivity contribution is 5.83. The molecule has 3 rings (SSSR count). The Kier molecular flexibility index (Phi) is 8.61. The molecular weight excluding hydrogens is 388 g/mol. The SMILES string of the molecule is C=Cc1ccc2c(c1)C(CCOCCOC)(CCOCCOC)c1cc(C=C)ccc1-2. The molecule has 0 saturated heterocycles. The van der Waals surface area contributed by atoms with Gasteiger partial charge in [0.1, 0.15) is 0 Å². The molecule has 166 valence electrons. The summed E-state index contributed by atoms with van der Waals surface area (Å²) >= 11 is 0. The maximum absolute atomic E-state index is 5.92. The molecule has 0 radical (unpaired) electrons. The van der Waals surface area contributed by atoms with Crippen molar-refractivity contribution in [2.24, 2.45) is 0 Å². The van der Waals surface area contributed by atoms with Crippen molar-refractivity contribution in [2.45, 2.75) is 18.3 Å². The van der Waals surface area contributed by atoms with Gasteiger partial charge in [0.15, 0.2) is 0 Å². The van der Waals surface area contributed by atoms with Crippen molar-refractivity contribution >= 4 is 12.2 Å². The van der Waals surface area contributed by atoms with Crippen LogP contribution < -0.4 is 0 Å². The molecule has 4 nitrogen and oxygen atoms in total. The van der Waals surface area contributed by atoms with E-state index in [0.29, 0.717) is 39.6 Å². The van der Waals surface area contributed by atoms with Crippen LogP contribution in [-0.2, 0) is 24.4 Å². The Labute approximate surface area is 186 Å². The molecule has 0 N–H and O–H groups in total. The molecule has 0 aromatic heterocycles. The van der Waals surface area contributed by atoms with E-state index in [9.17, 15) is 0 Å². The lowest BCUT2D eigenvalue weighted by Gasteiger charge is -2.33. The fraction of sp³-hybridized carbons (Fsp3) is 0.407. The van der Waals surface area contributed by atoms with Crippen molar-refractivity contribution in [3.8, 4) is 11.1 Å². The zero-order valence-electron chi connectivity index (χ0n) is 18.8. The summed E-state index contributed by atoms with van der Waals surface area (Å²) in [7, 11) is 3.39. The van der Waals surface area contributed by atoms with Crippen molar-refractivity contribution in [3.05, 3.63) is 71.8 Å². The number of ether oxygens (including phenoxy) is 4. The van der Waals surface area contributed by atoms with Gasteiger partial charge in [-0.15, -0.1) is 0 Å². The summed E-state index contributed by atoms with van der Waals surface area (Å²) in [5.41, 5.74) is 7.28. The van der Waals surface area contributed by atoms with Crippen molar-refractivity contribution in [3.63, 3.8) is 0 Å². The first-order valence-electron chi connectivity index (χ1n) is 10.9. The smallest absolute Gasteiger partial charge is 0.0700 e. The van der Waals surface area contributed by atoms with Gasteiger partial charge in [0.25, 0.3) is 0 Å². The van der Waals surface area contributed by atoms with Crippen LogP contribution in [0.5, 0.6) is 0 Å². The van der Waals surface area contributed by atoms with Crippen LogP contribution in [0.1, 0.15) is 35.1 Å². The molecule has 0 amide bonds. The minimum atomic E-state index is -0.192. The number of benzene rings is 2. The normalized spacial score (nSPS) is 13.6. The number of hydrogen-bond acceptors (Lipinski definition) is 4. The zero-order chi connectivity index (χ0) is 22.1. The second-order valence-corrected chi connectivity index (χ2v) is 7.81. The Morgan fingerprint density at radius 1 is 0.677 bits per heavy atom. The van der Waals surface area contributed by atoms with Gasteiger partial charge in [-0.05, 0) is 46.2 Å². The lowest BCUT2D eigenvalue weighted by molar-refractivity contribution is 0.0490. The largest absolute Gasteiger partial charge is 0.382 e. The molecule has 2 aromatic rings. The first-order chi connectivity index (χ1) is 15.2. The molecule has 0 atom stereocenters. The molecule has 0 unspecified atom stereocenters.